The molecular weight excluding hydrogens is 224 g/mol. The van der Waals surface area contributed by atoms with Crippen LogP contribution in [0.1, 0.15) is 18.9 Å². The summed E-state index contributed by atoms with van der Waals surface area (Å²) >= 11 is 0. The molecule has 1 heterocycles. The topological polar surface area (TPSA) is 65.1 Å². The van der Waals surface area contributed by atoms with Crippen LogP contribution in [0.5, 0.6) is 0 Å². The van der Waals surface area contributed by atoms with Crippen molar-refractivity contribution in [1.29, 1.82) is 5.26 Å². The first-order valence-electron chi connectivity index (χ1n) is 6.35. The zero-order valence-corrected chi connectivity index (χ0v) is 11.0. The Bertz CT molecular complexity index is 463. The third-order valence-corrected chi connectivity index (χ3v) is 3.63. The highest BCUT2D eigenvalue weighted by Gasteiger charge is 2.24. The first-order valence-corrected chi connectivity index (χ1v) is 6.35. The zero-order valence-electron chi connectivity index (χ0n) is 11.0. The van der Waals surface area contributed by atoms with Gasteiger partial charge in [0.2, 0.25) is 0 Å². The number of hydrogen-bond donors (Lipinski definition) is 2. The van der Waals surface area contributed by atoms with E-state index >= 15 is 0 Å². The van der Waals surface area contributed by atoms with Gasteiger partial charge in [-0.1, -0.05) is 6.92 Å². The molecule has 3 N–H and O–H groups in total. The third-order valence-electron chi connectivity index (χ3n) is 3.63. The molecule has 96 valence electrons. The molecule has 0 bridgehead atoms. The van der Waals surface area contributed by atoms with Gasteiger partial charge in [-0.2, -0.15) is 5.26 Å². The van der Waals surface area contributed by atoms with Gasteiger partial charge in [0.05, 0.1) is 23.0 Å². The number of nitrogen functional groups attached to an aromatic ring is 1. The second-order valence-corrected chi connectivity index (χ2v) is 5.19. The number of rotatable bonds is 2. The average Bonchev–Trinajstić information content (AvgIpc) is 2.35. The summed E-state index contributed by atoms with van der Waals surface area (Å²) in [5.74, 6) is 0.578. The number of nitrogens with two attached hydrogens (primary N) is 1. The van der Waals surface area contributed by atoms with E-state index < -0.39 is 0 Å². The Morgan fingerprint density at radius 3 is 2.94 bits per heavy atom. The number of benzene rings is 1. The van der Waals surface area contributed by atoms with Crippen molar-refractivity contribution < 1.29 is 0 Å². The fraction of sp³-hybridized carbons (Fsp3) is 0.500. The van der Waals surface area contributed by atoms with Crippen LogP contribution in [0.15, 0.2) is 18.2 Å². The normalized spacial score (nSPS) is 24.5. The van der Waals surface area contributed by atoms with E-state index in [1.807, 2.05) is 6.07 Å². The molecule has 0 aromatic heterocycles. The molecule has 0 spiro atoms. The molecule has 1 aliphatic rings. The maximum absolute atomic E-state index is 8.92. The van der Waals surface area contributed by atoms with Crippen molar-refractivity contribution in [3.63, 3.8) is 0 Å². The molecule has 2 unspecified atom stereocenters. The first kappa shape index (κ1) is 12.7. The van der Waals surface area contributed by atoms with Crippen molar-refractivity contribution in [3.05, 3.63) is 23.8 Å². The number of nitriles is 1. The highest BCUT2D eigenvalue weighted by Crippen LogP contribution is 2.25. The lowest BCUT2D eigenvalue weighted by molar-refractivity contribution is 0.206. The van der Waals surface area contributed by atoms with Crippen molar-refractivity contribution in [2.24, 2.45) is 5.92 Å². The van der Waals surface area contributed by atoms with E-state index in [2.05, 4.69) is 30.3 Å². The van der Waals surface area contributed by atoms with Crippen LogP contribution in [-0.2, 0) is 0 Å². The Morgan fingerprint density at radius 2 is 2.28 bits per heavy atom. The summed E-state index contributed by atoms with van der Waals surface area (Å²) in [6.45, 7) is 4.44. The summed E-state index contributed by atoms with van der Waals surface area (Å²) in [7, 11) is 2.15. The van der Waals surface area contributed by atoms with E-state index in [9.17, 15) is 0 Å². The summed E-state index contributed by atoms with van der Waals surface area (Å²) in [4.78, 5) is 2.35. The molecule has 1 saturated heterocycles. The van der Waals surface area contributed by atoms with Gasteiger partial charge in [-0.15, -0.1) is 0 Å². The molecule has 1 fully saturated rings. The van der Waals surface area contributed by atoms with Crippen molar-refractivity contribution in [2.45, 2.75) is 19.4 Å². The minimum Gasteiger partial charge on any atom is -0.397 e. The largest absolute Gasteiger partial charge is 0.397 e. The molecule has 0 amide bonds. The standard InChI is InChI=1S/C14H20N4/c1-10-9-18(2)6-5-13(10)17-14-7-11(8-15)3-4-12(14)16/h3-4,7,10,13,17H,5-6,9,16H2,1-2H3. The van der Waals surface area contributed by atoms with Crippen molar-refractivity contribution >= 4 is 11.4 Å². The first-order chi connectivity index (χ1) is 8.60. The second kappa shape index (κ2) is 5.28. The molecule has 0 aliphatic carbocycles. The number of anilines is 2. The number of nitrogens with one attached hydrogen (secondary N) is 1. The van der Waals surface area contributed by atoms with Gasteiger partial charge < -0.3 is 16.0 Å². The van der Waals surface area contributed by atoms with E-state index in [0.717, 1.165) is 25.2 Å². The van der Waals surface area contributed by atoms with E-state index in [0.29, 0.717) is 23.2 Å². The molecule has 4 heteroatoms. The summed E-state index contributed by atoms with van der Waals surface area (Å²) in [6, 6.07) is 7.95. The molecule has 1 aliphatic heterocycles. The van der Waals surface area contributed by atoms with Crippen LogP contribution in [0, 0.1) is 17.2 Å². The number of likely N-dealkylation sites (tertiary alicyclic amines) is 1. The third kappa shape index (κ3) is 2.74. The van der Waals surface area contributed by atoms with Crippen LogP contribution in [0.25, 0.3) is 0 Å². The van der Waals surface area contributed by atoms with E-state index in [-0.39, 0.29) is 0 Å². The van der Waals surface area contributed by atoms with Crippen molar-refractivity contribution in [3.8, 4) is 6.07 Å². The minimum atomic E-state index is 0.428. The highest BCUT2D eigenvalue weighted by atomic mass is 15.1. The molecular formula is C14H20N4. The van der Waals surface area contributed by atoms with Gasteiger partial charge in [0, 0.05) is 12.6 Å². The quantitative estimate of drug-likeness (QED) is 0.780. The highest BCUT2D eigenvalue weighted by molar-refractivity contribution is 5.68. The van der Waals surface area contributed by atoms with Gasteiger partial charge in [0.15, 0.2) is 0 Å². The molecule has 0 saturated carbocycles. The Morgan fingerprint density at radius 1 is 1.50 bits per heavy atom. The fourth-order valence-electron chi connectivity index (χ4n) is 2.52. The molecule has 4 nitrogen and oxygen atoms in total. The molecule has 2 rings (SSSR count). The summed E-state index contributed by atoms with van der Waals surface area (Å²) in [5.41, 5.74) is 8.19. The smallest absolute Gasteiger partial charge is 0.0992 e. The van der Waals surface area contributed by atoms with Crippen molar-refractivity contribution in [1.82, 2.24) is 4.90 Å². The van der Waals surface area contributed by atoms with Gasteiger partial charge in [0.25, 0.3) is 0 Å². The SMILES string of the molecule is CC1CN(C)CCC1Nc1cc(C#N)ccc1N. The zero-order chi connectivity index (χ0) is 13.1. The molecule has 0 radical (unpaired) electrons. The van der Waals surface area contributed by atoms with Crippen LogP contribution in [0.4, 0.5) is 11.4 Å². The van der Waals surface area contributed by atoms with Crippen LogP contribution in [0.3, 0.4) is 0 Å². The maximum Gasteiger partial charge on any atom is 0.0992 e. The predicted octanol–water partition coefficient (Wildman–Crippen LogP) is 1.89. The van der Waals surface area contributed by atoms with E-state index in [4.69, 9.17) is 11.0 Å². The lowest BCUT2D eigenvalue weighted by atomic mass is 9.94. The van der Waals surface area contributed by atoms with Crippen LogP contribution < -0.4 is 11.1 Å². The van der Waals surface area contributed by atoms with Gasteiger partial charge in [0.1, 0.15) is 0 Å². The summed E-state index contributed by atoms with van der Waals surface area (Å²) in [5, 5.41) is 12.4. The second-order valence-electron chi connectivity index (χ2n) is 5.19. The van der Waals surface area contributed by atoms with Gasteiger partial charge >= 0.3 is 0 Å². The van der Waals surface area contributed by atoms with E-state index in [1.54, 1.807) is 12.1 Å². The fourth-order valence-corrected chi connectivity index (χ4v) is 2.52. The number of hydrogen-bond acceptors (Lipinski definition) is 4. The summed E-state index contributed by atoms with van der Waals surface area (Å²) in [6.07, 6.45) is 1.11. The molecule has 18 heavy (non-hydrogen) atoms. The Hall–Kier alpha value is -1.73. The predicted molar refractivity (Wildman–Crippen MR) is 74.3 cm³/mol. The van der Waals surface area contributed by atoms with Gasteiger partial charge in [-0.3, -0.25) is 0 Å². The maximum atomic E-state index is 8.92. The Balaban J connectivity index is 2.12. The average molecular weight is 244 g/mol. The summed E-state index contributed by atoms with van der Waals surface area (Å²) < 4.78 is 0. The Labute approximate surface area is 108 Å². The minimum absolute atomic E-state index is 0.428. The van der Waals surface area contributed by atoms with Crippen LogP contribution in [-0.4, -0.2) is 31.1 Å². The number of piperidine rings is 1. The van der Waals surface area contributed by atoms with Crippen LogP contribution in [0.2, 0.25) is 0 Å². The van der Waals surface area contributed by atoms with E-state index in [1.165, 1.54) is 0 Å². The number of nitrogens with zero attached hydrogens (tertiary/aromatic N) is 2. The van der Waals surface area contributed by atoms with Gasteiger partial charge in [-0.25, -0.2) is 0 Å². The Kier molecular flexibility index (Phi) is 3.73. The van der Waals surface area contributed by atoms with Gasteiger partial charge in [-0.05, 0) is 44.1 Å². The van der Waals surface area contributed by atoms with Crippen LogP contribution >= 0.6 is 0 Å². The molecule has 1 aromatic carbocycles. The lowest BCUT2D eigenvalue weighted by Gasteiger charge is -2.36. The molecule has 2 atom stereocenters. The van der Waals surface area contributed by atoms with Crippen molar-refractivity contribution in [2.75, 3.05) is 31.2 Å². The molecule has 1 aromatic rings. The monoisotopic (exact) mass is 244 g/mol. The lowest BCUT2D eigenvalue weighted by Crippen LogP contribution is -2.43.